The maximum atomic E-state index is 13.0. The number of nitro benzene ring substituents is 1. The van der Waals surface area contributed by atoms with Crippen LogP contribution < -0.4 is 10.6 Å². The van der Waals surface area contributed by atoms with Gasteiger partial charge in [0.2, 0.25) is 15.9 Å². The van der Waals surface area contributed by atoms with Crippen molar-refractivity contribution in [2.24, 2.45) is 5.92 Å². The molecule has 1 aliphatic heterocycles. The van der Waals surface area contributed by atoms with Crippen molar-refractivity contribution in [2.45, 2.75) is 31.6 Å². The highest BCUT2D eigenvalue weighted by molar-refractivity contribution is 7.89. The van der Waals surface area contributed by atoms with E-state index in [0.717, 1.165) is 18.9 Å². The minimum atomic E-state index is -3.84. The van der Waals surface area contributed by atoms with Gasteiger partial charge in [-0.05, 0) is 55.5 Å². The lowest BCUT2D eigenvalue weighted by atomic mass is 10.0. The van der Waals surface area contributed by atoms with Crippen LogP contribution >= 0.6 is 11.6 Å². The second kappa shape index (κ2) is 9.85. The van der Waals surface area contributed by atoms with Crippen LogP contribution in [0.25, 0.3) is 0 Å². The Morgan fingerprint density at radius 2 is 2.03 bits per heavy atom. The number of halogens is 1. The zero-order valence-corrected chi connectivity index (χ0v) is 19.4. The first-order valence-corrected chi connectivity index (χ1v) is 12.0. The van der Waals surface area contributed by atoms with Gasteiger partial charge in [0.1, 0.15) is 5.69 Å². The molecule has 0 radical (unpaired) electrons. The monoisotopic (exact) mass is 480 g/mol. The van der Waals surface area contributed by atoms with Gasteiger partial charge < -0.3 is 10.6 Å². The van der Waals surface area contributed by atoms with Crippen molar-refractivity contribution in [1.29, 1.82) is 0 Å². The quantitative estimate of drug-likeness (QED) is 0.455. The molecule has 9 nitrogen and oxygen atoms in total. The standard InChI is InChI=1S/C21H25ClN4O5S/c1-14-5-4-10-25(13-14)32(30,31)16-8-9-19(20(11-16)26(28)29)23-12-21(27)24-18-7-3-6-17(22)15(18)2/h3,6-9,11,14,23H,4-5,10,12-13H2,1-2H3,(H,24,27). The van der Waals surface area contributed by atoms with E-state index in [4.69, 9.17) is 11.6 Å². The summed E-state index contributed by atoms with van der Waals surface area (Å²) in [5.41, 5.74) is 0.882. The number of amides is 1. The molecule has 2 aromatic rings. The molecule has 0 aliphatic carbocycles. The molecule has 11 heteroatoms. The summed E-state index contributed by atoms with van der Waals surface area (Å²) >= 11 is 6.05. The maximum Gasteiger partial charge on any atom is 0.293 e. The molecule has 1 fully saturated rings. The number of anilines is 2. The van der Waals surface area contributed by atoms with Crippen LogP contribution in [0.1, 0.15) is 25.3 Å². The SMILES string of the molecule is Cc1c(Cl)cccc1NC(=O)CNc1ccc(S(=O)(=O)N2CCCC(C)C2)cc1[N+](=O)[O-]. The molecule has 1 aliphatic rings. The summed E-state index contributed by atoms with van der Waals surface area (Å²) in [5.74, 6) is -0.195. The molecule has 32 heavy (non-hydrogen) atoms. The summed E-state index contributed by atoms with van der Waals surface area (Å²) < 4.78 is 27.3. The molecule has 2 aromatic carbocycles. The van der Waals surface area contributed by atoms with E-state index in [1.807, 2.05) is 6.92 Å². The van der Waals surface area contributed by atoms with Crippen LogP contribution in [0.4, 0.5) is 17.1 Å². The molecule has 1 unspecified atom stereocenters. The Morgan fingerprint density at radius 1 is 1.28 bits per heavy atom. The van der Waals surface area contributed by atoms with Gasteiger partial charge in [-0.25, -0.2) is 8.42 Å². The first kappa shape index (κ1) is 24.0. The second-order valence-corrected chi connectivity index (χ2v) is 10.2. The molecule has 1 atom stereocenters. The molecule has 1 heterocycles. The van der Waals surface area contributed by atoms with E-state index in [-0.39, 0.29) is 23.0 Å². The van der Waals surface area contributed by atoms with Gasteiger partial charge >= 0.3 is 0 Å². The van der Waals surface area contributed by atoms with Crippen molar-refractivity contribution in [2.75, 3.05) is 30.3 Å². The number of hydrogen-bond acceptors (Lipinski definition) is 6. The lowest BCUT2D eigenvalue weighted by Crippen LogP contribution is -2.39. The Kier molecular flexibility index (Phi) is 7.37. The van der Waals surface area contributed by atoms with Crippen molar-refractivity contribution in [3.05, 3.63) is 57.1 Å². The summed E-state index contributed by atoms with van der Waals surface area (Å²) in [5, 5.41) is 17.5. The lowest BCUT2D eigenvalue weighted by Gasteiger charge is -2.30. The number of hydrogen-bond donors (Lipinski definition) is 2. The fourth-order valence-corrected chi connectivity index (χ4v) is 5.39. The molecule has 0 saturated carbocycles. The zero-order chi connectivity index (χ0) is 23.5. The molecule has 0 bridgehead atoms. The third-order valence-corrected chi connectivity index (χ3v) is 7.68. The molecule has 3 rings (SSSR count). The average Bonchev–Trinajstić information content (AvgIpc) is 2.75. The maximum absolute atomic E-state index is 13.0. The van der Waals surface area contributed by atoms with Gasteiger partial charge in [-0.2, -0.15) is 4.31 Å². The highest BCUT2D eigenvalue weighted by atomic mass is 35.5. The van der Waals surface area contributed by atoms with E-state index < -0.39 is 26.5 Å². The number of nitrogens with one attached hydrogen (secondary N) is 2. The number of sulfonamides is 1. The van der Waals surface area contributed by atoms with Crippen molar-refractivity contribution < 1.29 is 18.1 Å². The van der Waals surface area contributed by atoms with E-state index in [1.165, 1.54) is 16.4 Å². The lowest BCUT2D eigenvalue weighted by molar-refractivity contribution is -0.384. The second-order valence-electron chi connectivity index (χ2n) is 7.86. The van der Waals surface area contributed by atoms with Crippen LogP contribution in [-0.4, -0.2) is 43.2 Å². The zero-order valence-electron chi connectivity index (χ0n) is 17.8. The predicted molar refractivity (Wildman–Crippen MR) is 124 cm³/mol. The van der Waals surface area contributed by atoms with Crippen LogP contribution in [-0.2, 0) is 14.8 Å². The van der Waals surface area contributed by atoms with Gasteiger partial charge in [-0.1, -0.05) is 24.6 Å². The van der Waals surface area contributed by atoms with E-state index in [2.05, 4.69) is 10.6 Å². The highest BCUT2D eigenvalue weighted by Crippen LogP contribution is 2.30. The molecular formula is C21H25ClN4O5S. The van der Waals surface area contributed by atoms with Crippen LogP contribution in [0, 0.1) is 23.0 Å². The Hall–Kier alpha value is -2.69. The first-order valence-electron chi connectivity index (χ1n) is 10.2. The van der Waals surface area contributed by atoms with Crippen molar-refractivity contribution >= 4 is 44.6 Å². The molecule has 2 N–H and O–H groups in total. The van der Waals surface area contributed by atoms with Gasteiger partial charge in [0.15, 0.2) is 0 Å². The minimum absolute atomic E-state index is 0.0546. The fraction of sp³-hybridized carbons (Fsp3) is 0.381. The number of rotatable bonds is 7. The number of carbonyl (C=O) groups excluding carboxylic acids is 1. The topological polar surface area (TPSA) is 122 Å². The van der Waals surface area contributed by atoms with Crippen molar-refractivity contribution in [1.82, 2.24) is 4.31 Å². The summed E-state index contributed by atoms with van der Waals surface area (Å²) in [4.78, 5) is 23.1. The molecule has 1 saturated heterocycles. The van der Waals surface area contributed by atoms with E-state index >= 15 is 0 Å². The van der Waals surface area contributed by atoms with Gasteiger partial charge in [0, 0.05) is 29.9 Å². The van der Waals surface area contributed by atoms with Crippen molar-refractivity contribution in [3.63, 3.8) is 0 Å². The van der Waals surface area contributed by atoms with E-state index in [0.29, 0.717) is 29.4 Å². The largest absolute Gasteiger partial charge is 0.371 e. The van der Waals surface area contributed by atoms with E-state index in [1.54, 1.807) is 25.1 Å². The summed E-state index contributed by atoms with van der Waals surface area (Å²) in [6.07, 6.45) is 1.70. The predicted octanol–water partition coefficient (Wildman–Crippen LogP) is 4.03. The first-order chi connectivity index (χ1) is 15.1. The number of carbonyl (C=O) groups is 1. The number of piperidine rings is 1. The Labute approximate surface area is 192 Å². The Morgan fingerprint density at radius 3 is 2.72 bits per heavy atom. The number of nitrogens with zero attached hydrogens (tertiary/aromatic N) is 2. The minimum Gasteiger partial charge on any atom is -0.371 e. The molecule has 0 spiro atoms. The molecular weight excluding hydrogens is 456 g/mol. The summed E-state index contributed by atoms with van der Waals surface area (Å²) in [6, 6.07) is 8.78. The summed E-state index contributed by atoms with van der Waals surface area (Å²) in [7, 11) is -3.84. The van der Waals surface area contributed by atoms with Crippen LogP contribution in [0.5, 0.6) is 0 Å². The van der Waals surface area contributed by atoms with Gasteiger partial charge in [0.25, 0.3) is 5.69 Å². The Balaban J connectivity index is 1.75. The fourth-order valence-electron chi connectivity index (χ4n) is 3.60. The summed E-state index contributed by atoms with van der Waals surface area (Å²) in [6.45, 7) is 4.27. The average molecular weight is 481 g/mol. The van der Waals surface area contributed by atoms with Gasteiger partial charge in [0.05, 0.1) is 16.4 Å². The van der Waals surface area contributed by atoms with Crippen LogP contribution in [0.15, 0.2) is 41.3 Å². The van der Waals surface area contributed by atoms with Crippen LogP contribution in [0.2, 0.25) is 5.02 Å². The van der Waals surface area contributed by atoms with Gasteiger partial charge in [-0.15, -0.1) is 0 Å². The molecule has 172 valence electrons. The number of nitro groups is 1. The molecule has 1 amide bonds. The number of benzene rings is 2. The molecule has 0 aromatic heterocycles. The third-order valence-electron chi connectivity index (χ3n) is 5.40. The Bertz CT molecular complexity index is 1140. The normalized spacial score (nSPS) is 17.0. The third kappa shape index (κ3) is 5.37. The van der Waals surface area contributed by atoms with E-state index in [9.17, 15) is 23.3 Å². The highest BCUT2D eigenvalue weighted by Gasteiger charge is 2.30. The van der Waals surface area contributed by atoms with Crippen molar-refractivity contribution in [3.8, 4) is 0 Å². The smallest absolute Gasteiger partial charge is 0.293 e. The van der Waals surface area contributed by atoms with Gasteiger partial charge in [-0.3, -0.25) is 14.9 Å². The van der Waals surface area contributed by atoms with Crippen LogP contribution in [0.3, 0.4) is 0 Å².